The number of nitrogens with zero attached hydrogens (tertiary/aromatic N) is 8. The van der Waals surface area contributed by atoms with Crippen LogP contribution in [0.1, 0.15) is 10.4 Å². The summed E-state index contributed by atoms with van der Waals surface area (Å²) in [6, 6.07) is 12.1. The van der Waals surface area contributed by atoms with Crippen LogP contribution in [-0.4, -0.2) is 57.2 Å². The number of benzene rings is 3. The van der Waals surface area contributed by atoms with E-state index in [1.807, 2.05) is 0 Å². The smallest absolute Gasteiger partial charge is 0.445 e. The van der Waals surface area contributed by atoms with E-state index in [2.05, 4.69) is 50.1 Å². The molecule has 0 aliphatic heterocycles. The van der Waals surface area contributed by atoms with Crippen LogP contribution in [0, 0.1) is 6.08 Å². The van der Waals surface area contributed by atoms with Crippen molar-refractivity contribution < 1.29 is 59.4 Å². The number of aromatic carboxylic acids is 1. The predicted octanol–water partition coefficient (Wildman–Crippen LogP) is 4.65. The van der Waals surface area contributed by atoms with Gasteiger partial charge in [0.25, 0.3) is 20.2 Å². The molecule has 22 nitrogen and oxygen atoms in total. The Morgan fingerprint density at radius 2 is 1.49 bits per heavy atom. The van der Waals surface area contributed by atoms with Crippen LogP contribution in [-0.2, 0) is 29.6 Å². The van der Waals surface area contributed by atoms with Gasteiger partial charge in [-0.05, 0) is 58.5 Å². The SMILES string of the molecule is Nc1c(N=Nc2ccccc2S(=O)(=O)O)cc(S(=O)(=O)O)c(N)c1N=Nc1cc(Nc2nc(F)nc(-[n+]3ccc(C(=O)O)cc3)n2)ccc1SOOO. The minimum atomic E-state index is -5.06. The molecule has 2 aromatic heterocycles. The summed E-state index contributed by atoms with van der Waals surface area (Å²) in [6.45, 7) is 0. The molecule has 5 aromatic rings. The predicted molar refractivity (Wildman–Crippen MR) is 178 cm³/mol. The molecule has 3 aromatic carbocycles. The molecule has 0 aliphatic rings. The number of nitrogen functional groups attached to an aromatic ring is 2. The van der Waals surface area contributed by atoms with Crippen molar-refractivity contribution in [2.24, 2.45) is 20.5 Å². The van der Waals surface area contributed by atoms with Crippen molar-refractivity contribution in [3.05, 3.63) is 84.7 Å². The van der Waals surface area contributed by atoms with Crippen LogP contribution in [0.4, 0.5) is 50.2 Å². The third-order valence-corrected chi connectivity index (χ3v) is 8.98. The third-order valence-electron chi connectivity index (χ3n) is 6.54. The van der Waals surface area contributed by atoms with E-state index < -0.39 is 64.8 Å². The molecule has 5 rings (SSSR count). The fourth-order valence-electron chi connectivity index (χ4n) is 4.17. The van der Waals surface area contributed by atoms with Crippen LogP contribution in [0.3, 0.4) is 0 Å². The highest BCUT2D eigenvalue weighted by Crippen LogP contribution is 2.44. The molecule has 0 saturated heterocycles. The zero-order valence-electron chi connectivity index (χ0n) is 25.9. The number of rotatable bonds is 13. The molecule has 2 heterocycles. The summed E-state index contributed by atoms with van der Waals surface area (Å²) in [5.74, 6) is -1.73. The maximum Gasteiger partial charge on any atom is 0.445 e. The molecule has 0 saturated carbocycles. The Kier molecular flexibility index (Phi) is 11.2. The minimum Gasteiger partial charge on any atom is -0.478 e. The summed E-state index contributed by atoms with van der Waals surface area (Å²) < 4.78 is 87.5. The highest BCUT2D eigenvalue weighted by molar-refractivity contribution is 7.94. The van der Waals surface area contributed by atoms with Crippen LogP contribution in [0.25, 0.3) is 5.95 Å². The van der Waals surface area contributed by atoms with Gasteiger partial charge < -0.3 is 21.9 Å². The van der Waals surface area contributed by atoms with E-state index in [0.717, 1.165) is 12.1 Å². The van der Waals surface area contributed by atoms with Gasteiger partial charge in [0.2, 0.25) is 0 Å². The van der Waals surface area contributed by atoms with Gasteiger partial charge in [0.1, 0.15) is 32.5 Å². The summed E-state index contributed by atoms with van der Waals surface area (Å²) in [4.78, 5) is 21.0. The summed E-state index contributed by atoms with van der Waals surface area (Å²) in [5.41, 5.74) is 9.62. The number of hydrogen-bond acceptors (Lipinski definition) is 19. The number of nitrogens with one attached hydrogen (secondary N) is 1. The lowest BCUT2D eigenvalue weighted by molar-refractivity contribution is -0.603. The second-order valence-corrected chi connectivity index (χ2v) is 13.5. The number of carbonyl (C=O) groups is 1. The first-order valence-electron chi connectivity index (χ1n) is 13.9. The third kappa shape index (κ3) is 9.22. The number of aromatic nitrogens is 4. The molecule has 9 N–H and O–H groups in total. The maximum atomic E-state index is 14.4. The summed E-state index contributed by atoms with van der Waals surface area (Å²) in [6.07, 6.45) is 1.37. The normalized spacial score (nSPS) is 12.1. The van der Waals surface area contributed by atoms with E-state index in [-0.39, 0.29) is 39.4 Å². The first kappa shape index (κ1) is 38.1. The van der Waals surface area contributed by atoms with Crippen molar-refractivity contribution in [1.82, 2.24) is 15.0 Å². The van der Waals surface area contributed by atoms with E-state index in [0.29, 0.717) is 12.0 Å². The van der Waals surface area contributed by atoms with Crippen molar-refractivity contribution in [2.45, 2.75) is 14.7 Å². The Morgan fingerprint density at radius 3 is 2.15 bits per heavy atom. The average molecular weight is 791 g/mol. The number of halogens is 1. The average Bonchev–Trinajstić information content (AvgIpc) is 3.10. The number of carboxylic acid groups (broad SMARTS) is 1. The zero-order chi connectivity index (χ0) is 38.5. The van der Waals surface area contributed by atoms with Crippen molar-refractivity contribution in [2.75, 3.05) is 16.8 Å². The highest BCUT2D eigenvalue weighted by atomic mass is 32.2. The Hall–Kier alpha value is -6.13. The van der Waals surface area contributed by atoms with E-state index in [1.54, 1.807) is 0 Å². The number of azo groups is 2. The lowest BCUT2D eigenvalue weighted by atomic mass is 10.2. The quantitative estimate of drug-likeness (QED) is 0.0162. The largest absolute Gasteiger partial charge is 0.478 e. The molecule has 0 unspecified atom stereocenters. The summed E-state index contributed by atoms with van der Waals surface area (Å²) in [5, 5.41) is 39.7. The molecule has 0 radical (unpaired) electrons. The van der Waals surface area contributed by atoms with Gasteiger partial charge in [-0.3, -0.25) is 9.11 Å². The second kappa shape index (κ2) is 15.6. The lowest BCUT2D eigenvalue weighted by Gasteiger charge is -2.11. The van der Waals surface area contributed by atoms with Gasteiger partial charge in [-0.2, -0.15) is 16.8 Å². The Bertz CT molecular complexity index is 2510. The van der Waals surface area contributed by atoms with Gasteiger partial charge >= 0.3 is 23.9 Å². The molecule has 0 bridgehead atoms. The summed E-state index contributed by atoms with van der Waals surface area (Å²) in [7, 11) is -9.82. The first-order chi connectivity index (χ1) is 25.0. The molecular weight excluding hydrogens is 770 g/mol. The van der Waals surface area contributed by atoms with E-state index in [1.165, 1.54) is 65.5 Å². The molecular formula is C27H21FN11O11S3+. The topological polar surface area (TPSA) is 341 Å². The fourth-order valence-corrected chi connectivity index (χ4v) is 5.85. The number of hydrogen-bond donors (Lipinski definition) is 7. The van der Waals surface area contributed by atoms with E-state index in [4.69, 9.17) is 21.8 Å². The Balaban J connectivity index is 1.55. The number of pyridine rings is 1. The lowest BCUT2D eigenvalue weighted by Crippen LogP contribution is -2.33. The fraction of sp³-hybridized carbons (Fsp3) is 0. The van der Waals surface area contributed by atoms with Crippen LogP contribution in [0.5, 0.6) is 0 Å². The maximum absolute atomic E-state index is 14.4. The van der Waals surface area contributed by atoms with E-state index >= 15 is 0 Å². The number of anilines is 4. The van der Waals surface area contributed by atoms with Gasteiger partial charge in [0.15, 0.2) is 0 Å². The van der Waals surface area contributed by atoms with Crippen LogP contribution in [0.15, 0.2) is 108 Å². The zero-order valence-corrected chi connectivity index (χ0v) is 28.4. The van der Waals surface area contributed by atoms with Gasteiger partial charge in [0.05, 0.1) is 46.3 Å². The second-order valence-electron chi connectivity index (χ2n) is 9.95. The molecule has 0 amide bonds. The monoisotopic (exact) mass is 790 g/mol. The van der Waals surface area contributed by atoms with Gasteiger partial charge in [0, 0.05) is 5.69 Å². The molecule has 274 valence electrons. The van der Waals surface area contributed by atoms with Crippen LogP contribution < -0.4 is 21.4 Å². The Labute approximate surface area is 300 Å². The van der Waals surface area contributed by atoms with Gasteiger partial charge in [-0.25, -0.2) is 14.6 Å². The van der Waals surface area contributed by atoms with Crippen LogP contribution >= 0.6 is 12.0 Å². The molecule has 0 atom stereocenters. The number of carboxylic acids is 1. The molecule has 0 aliphatic carbocycles. The van der Waals surface area contributed by atoms with Crippen molar-refractivity contribution in [3.63, 3.8) is 0 Å². The Morgan fingerprint density at radius 1 is 0.830 bits per heavy atom. The standard InChI is InChI=1S/C27H20FN11O11S3/c28-25-32-26(34-27(33-25)39-9-7-13(8-10-39)24(40)41)31-14-5-6-18(51-50-49-42)16(11-14)36-38-23-21(29)17(12-20(22(23)30)53(46,47)48)37-35-15-3-1-2-4-19(15)52(43,44)45/h1-12H,(H8-,29,30,31,32,33,34,35,36,40,41,42,43,44,45,46,47,48)/p+1. The van der Waals surface area contributed by atoms with Gasteiger partial charge in [-0.1, -0.05) is 17.2 Å². The van der Waals surface area contributed by atoms with Crippen molar-refractivity contribution >= 4 is 84.0 Å². The highest BCUT2D eigenvalue weighted by Gasteiger charge is 2.24. The van der Waals surface area contributed by atoms with Crippen molar-refractivity contribution in [1.29, 1.82) is 0 Å². The molecule has 53 heavy (non-hydrogen) atoms. The van der Waals surface area contributed by atoms with E-state index in [9.17, 15) is 35.1 Å². The molecule has 26 heteroatoms. The minimum absolute atomic E-state index is 0.0420. The summed E-state index contributed by atoms with van der Waals surface area (Å²) >= 11 is 0.429. The first-order valence-corrected chi connectivity index (χ1v) is 17.5. The molecule has 0 fully saturated rings. The van der Waals surface area contributed by atoms with Crippen molar-refractivity contribution in [3.8, 4) is 5.95 Å². The number of nitrogens with two attached hydrogens (primary N) is 2. The van der Waals surface area contributed by atoms with Crippen LogP contribution in [0.2, 0.25) is 0 Å². The molecule has 0 spiro atoms. The van der Waals surface area contributed by atoms with Gasteiger partial charge in [-0.15, -0.1) is 34.2 Å².